The number of hydrogen-bond acceptors (Lipinski definition) is 2. The van der Waals surface area contributed by atoms with Gasteiger partial charge >= 0.3 is 0 Å². The van der Waals surface area contributed by atoms with Crippen LogP contribution in [0.1, 0.15) is 99.9 Å². The molecule has 0 radical (unpaired) electrons. The summed E-state index contributed by atoms with van der Waals surface area (Å²) in [6.45, 7) is 2.71. The average Bonchev–Trinajstić information content (AvgIpc) is 2.82. The molecule has 32 heavy (non-hydrogen) atoms. The van der Waals surface area contributed by atoms with Gasteiger partial charge in [0, 0.05) is 13.0 Å². The third-order valence-electron chi connectivity index (χ3n) is 5.75. The third-order valence-corrected chi connectivity index (χ3v) is 5.75. The molecule has 0 bridgehead atoms. The van der Waals surface area contributed by atoms with Crippen LogP contribution in [0.5, 0.6) is 0 Å². The van der Waals surface area contributed by atoms with E-state index in [-0.39, 0.29) is 11.8 Å². The van der Waals surface area contributed by atoms with Crippen molar-refractivity contribution in [2.75, 3.05) is 5.32 Å². The molecule has 0 spiro atoms. The first-order valence-corrected chi connectivity index (χ1v) is 12.4. The van der Waals surface area contributed by atoms with Crippen LogP contribution >= 0.6 is 0 Å². The van der Waals surface area contributed by atoms with E-state index >= 15 is 0 Å². The van der Waals surface area contributed by atoms with E-state index in [1.54, 1.807) is 12.1 Å². The van der Waals surface area contributed by atoms with Gasteiger partial charge in [0.15, 0.2) is 0 Å². The highest BCUT2D eigenvalue weighted by molar-refractivity contribution is 6.03. The lowest BCUT2D eigenvalue weighted by atomic mass is 10.1. The molecule has 2 amide bonds. The van der Waals surface area contributed by atoms with Crippen LogP contribution < -0.4 is 10.6 Å². The smallest absolute Gasteiger partial charge is 0.253 e. The first kappa shape index (κ1) is 25.6. The summed E-state index contributed by atoms with van der Waals surface area (Å²) in [5, 5.41) is 5.85. The monoisotopic (exact) mass is 436 g/mol. The maximum Gasteiger partial charge on any atom is 0.253 e. The van der Waals surface area contributed by atoms with Crippen LogP contribution in [-0.4, -0.2) is 11.8 Å². The number of carbonyl (C=O) groups excluding carboxylic acids is 2. The molecular weight excluding hydrogens is 396 g/mol. The molecule has 2 rings (SSSR count). The quantitative estimate of drug-likeness (QED) is 0.272. The van der Waals surface area contributed by atoms with Crippen molar-refractivity contribution < 1.29 is 9.59 Å². The lowest BCUT2D eigenvalue weighted by Crippen LogP contribution is -2.24. The van der Waals surface area contributed by atoms with Crippen molar-refractivity contribution in [3.05, 3.63) is 65.7 Å². The molecule has 2 N–H and O–H groups in total. The van der Waals surface area contributed by atoms with Gasteiger partial charge in [0.1, 0.15) is 0 Å². The van der Waals surface area contributed by atoms with Gasteiger partial charge in [-0.05, 0) is 24.1 Å². The van der Waals surface area contributed by atoms with E-state index in [0.717, 1.165) is 18.4 Å². The van der Waals surface area contributed by atoms with Gasteiger partial charge in [-0.2, -0.15) is 0 Å². The summed E-state index contributed by atoms with van der Waals surface area (Å²) in [5.41, 5.74) is 2.11. The molecule has 2 aromatic carbocycles. The SMILES string of the molecule is CCCCCCCCCCCCCC(=O)Nc1ccccc1C(=O)NCc1ccccc1. The predicted molar refractivity (Wildman–Crippen MR) is 134 cm³/mol. The highest BCUT2D eigenvalue weighted by Gasteiger charge is 2.12. The van der Waals surface area contributed by atoms with Crippen LogP contribution in [0.15, 0.2) is 54.6 Å². The molecule has 0 aromatic heterocycles. The predicted octanol–water partition coefficient (Wildman–Crippen LogP) is 7.26. The minimum Gasteiger partial charge on any atom is -0.348 e. The Balaban J connectivity index is 1.63. The van der Waals surface area contributed by atoms with Gasteiger partial charge in [-0.3, -0.25) is 9.59 Å². The Hall–Kier alpha value is -2.62. The van der Waals surface area contributed by atoms with Crippen LogP contribution in [0.2, 0.25) is 0 Å². The fraction of sp³-hybridized carbons (Fsp3) is 0.500. The summed E-state index contributed by atoms with van der Waals surface area (Å²) in [6.07, 6.45) is 14.4. The second kappa shape index (κ2) is 16.1. The van der Waals surface area contributed by atoms with Crippen molar-refractivity contribution in [2.24, 2.45) is 0 Å². The lowest BCUT2D eigenvalue weighted by molar-refractivity contribution is -0.116. The Labute approximate surface area is 194 Å². The second-order valence-corrected chi connectivity index (χ2v) is 8.55. The van der Waals surface area contributed by atoms with Crippen LogP contribution in [0, 0.1) is 0 Å². The van der Waals surface area contributed by atoms with Gasteiger partial charge < -0.3 is 10.6 Å². The Morgan fingerprint density at radius 2 is 1.25 bits per heavy atom. The molecule has 0 saturated carbocycles. The number of anilines is 1. The maximum atomic E-state index is 12.6. The van der Waals surface area contributed by atoms with Gasteiger partial charge in [0.05, 0.1) is 11.3 Å². The van der Waals surface area contributed by atoms with Crippen molar-refractivity contribution >= 4 is 17.5 Å². The van der Waals surface area contributed by atoms with Gasteiger partial charge in [-0.1, -0.05) is 114 Å². The zero-order valence-corrected chi connectivity index (χ0v) is 19.7. The minimum atomic E-state index is -0.181. The van der Waals surface area contributed by atoms with Gasteiger partial charge in [0.25, 0.3) is 5.91 Å². The molecule has 0 unspecified atom stereocenters. The fourth-order valence-corrected chi connectivity index (χ4v) is 3.83. The van der Waals surface area contributed by atoms with Crippen molar-refractivity contribution in [3.63, 3.8) is 0 Å². The molecule has 0 heterocycles. The van der Waals surface area contributed by atoms with Gasteiger partial charge in [-0.25, -0.2) is 0 Å². The summed E-state index contributed by atoms with van der Waals surface area (Å²) < 4.78 is 0. The second-order valence-electron chi connectivity index (χ2n) is 8.55. The first-order chi connectivity index (χ1) is 15.7. The van der Waals surface area contributed by atoms with E-state index in [2.05, 4.69) is 17.6 Å². The van der Waals surface area contributed by atoms with Crippen molar-refractivity contribution in [1.82, 2.24) is 5.32 Å². The summed E-state index contributed by atoms with van der Waals surface area (Å²) in [5.74, 6) is -0.205. The largest absolute Gasteiger partial charge is 0.348 e. The summed E-state index contributed by atoms with van der Waals surface area (Å²) in [7, 11) is 0. The number of unbranched alkanes of at least 4 members (excludes halogenated alkanes) is 10. The number of carbonyl (C=O) groups is 2. The average molecular weight is 437 g/mol. The fourth-order valence-electron chi connectivity index (χ4n) is 3.83. The van der Waals surface area contributed by atoms with Crippen LogP contribution in [-0.2, 0) is 11.3 Å². The van der Waals surface area contributed by atoms with Crippen LogP contribution in [0.25, 0.3) is 0 Å². The van der Waals surface area contributed by atoms with Crippen LogP contribution in [0.3, 0.4) is 0 Å². The van der Waals surface area contributed by atoms with E-state index in [1.807, 2.05) is 42.5 Å². The first-order valence-electron chi connectivity index (χ1n) is 12.4. The van der Waals surface area contributed by atoms with E-state index in [0.29, 0.717) is 24.2 Å². The lowest BCUT2D eigenvalue weighted by Gasteiger charge is -2.11. The van der Waals surface area contributed by atoms with Crippen molar-refractivity contribution in [3.8, 4) is 0 Å². The molecule has 0 atom stereocenters. The third kappa shape index (κ3) is 10.6. The molecule has 4 nitrogen and oxygen atoms in total. The molecule has 0 saturated heterocycles. The highest BCUT2D eigenvalue weighted by atomic mass is 16.2. The van der Waals surface area contributed by atoms with E-state index in [9.17, 15) is 9.59 Å². The number of rotatable bonds is 16. The summed E-state index contributed by atoms with van der Waals surface area (Å²) in [4.78, 5) is 25.0. The maximum absolute atomic E-state index is 12.6. The Morgan fingerprint density at radius 1 is 0.688 bits per heavy atom. The molecular formula is C28H40N2O2. The zero-order valence-electron chi connectivity index (χ0n) is 19.7. The number of hydrogen-bond donors (Lipinski definition) is 2. The molecule has 0 fully saturated rings. The number of nitrogens with one attached hydrogen (secondary N) is 2. The van der Waals surface area contributed by atoms with Gasteiger partial charge in [0.2, 0.25) is 5.91 Å². The normalized spacial score (nSPS) is 10.7. The summed E-state index contributed by atoms with van der Waals surface area (Å²) in [6, 6.07) is 17.0. The van der Waals surface area contributed by atoms with Gasteiger partial charge in [-0.15, -0.1) is 0 Å². The molecule has 174 valence electrons. The number of benzene rings is 2. The highest BCUT2D eigenvalue weighted by Crippen LogP contribution is 2.17. The summed E-state index contributed by atoms with van der Waals surface area (Å²) >= 11 is 0. The van der Waals surface area contributed by atoms with E-state index < -0.39 is 0 Å². The van der Waals surface area contributed by atoms with Crippen LogP contribution in [0.4, 0.5) is 5.69 Å². The standard InChI is InChI=1S/C28H40N2O2/c1-2-3-4-5-6-7-8-9-10-11-15-22-27(31)30-26-21-17-16-20-25(26)28(32)29-23-24-18-13-12-14-19-24/h12-14,16-21H,2-11,15,22-23H2,1H3,(H,29,32)(H,30,31). The minimum absolute atomic E-state index is 0.0239. The van der Waals surface area contributed by atoms with Crippen molar-refractivity contribution in [2.45, 2.75) is 90.5 Å². The number of amides is 2. The van der Waals surface area contributed by atoms with E-state index in [4.69, 9.17) is 0 Å². The Kier molecular flexibility index (Phi) is 12.9. The molecule has 0 aliphatic heterocycles. The number of para-hydroxylation sites is 1. The Morgan fingerprint density at radius 3 is 1.91 bits per heavy atom. The van der Waals surface area contributed by atoms with Crippen molar-refractivity contribution in [1.29, 1.82) is 0 Å². The molecule has 2 aromatic rings. The molecule has 0 aliphatic rings. The molecule has 0 aliphatic carbocycles. The topological polar surface area (TPSA) is 58.2 Å². The Bertz CT molecular complexity index is 789. The van der Waals surface area contributed by atoms with E-state index in [1.165, 1.54) is 57.8 Å². The zero-order chi connectivity index (χ0) is 22.9. The molecule has 4 heteroatoms.